The molecule has 1 N–H and O–H groups in total. The molecule has 3 aromatic rings. The molecule has 0 saturated carbocycles. The van der Waals surface area contributed by atoms with Gasteiger partial charge in [0.15, 0.2) is 11.5 Å². The number of anilines is 1. The summed E-state index contributed by atoms with van der Waals surface area (Å²) in [5, 5.41) is 6.91. The van der Waals surface area contributed by atoms with E-state index >= 15 is 0 Å². The zero-order chi connectivity index (χ0) is 17.1. The molecule has 126 valence electrons. The highest BCUT2D eigenvalue weighted by atomic mass is 32.1. The van der Waals surface area contributed by atoms with Crippen molar-refractivity contribution < 1.29 is 14.2 Å². The van der Waals surface area contributed by atoms with Crippen molar-refractivity contribution in [1.29, 1.82) is 0 Å². The maximum atomic E-state index is 5.40. The fraction of sp³-hybridized carbons (Fsp3) is 0.111. The van der Waals surface area contributed by atoms with Gasteiger partial charge >= 0.3 is 0 Å². The summed E-state index contributed by atoms with van der Waals surface area (Å²) in [4.78, 5) is 4.54. The summed E-state index contributed by atoms with van der Waals surface area (Å²) in [6, 6.07) is 13.4. The lowest BCUT2D eigenvalue weighted by Crippen LogP contribution is -1.92. The number of thiazole rings is 1. The van der Waals surface area contributed by atoms with Crippen molar-refractivity contribution in [2.75, 3.05) is 19.3 Å². The van der Waals surface area contributed by atoms with Gasteiger partial charge in [-0.2, -0.15) is 5.10 Å². The lowest BCUT2D eigenvalue weighted by atomic mass is 10.1. The molecule has 0 bridgehead atoms. The number of methoxy groups -OCH3 is 1. The van der Waals surface area contributed by atoms with Crippen LogP contribution in [0.25, 0.3) is 11.3 Å². The SMILES string of the molecule is COc1ccc(/C=N\Nc2nc(-c3ccc4c(c3)OCO4)cs2)cc1. The first kappa shape index (κ1) is 15.5. The zero-order valence-electron chi connectivity index (χ0n) is 13.4. The summed E-state index contributed by atoms with van der Waals surface area (Å²) < 4.78 is 15.9. The van der Waals surface area contributed by atoms with E-state index in [1.807, 2.05) is 47.8 Å². The average Bonchev–Trinajstić information content (AvgIpc) is 3.31. The van der Waals surface area contributed by atoms with Gasteiger partial charge in [-0.15, -0.1) is 11.3 Å². The van der Waals surface area contributed by atoms with Crippen LogP contribution in [0.5, 0.6) is 17.2 Å². The van der Waals surface area contributed by atoms with Gasteiger partial charge in [0, 0.05) is 10.9 Å². The first-order valence-corrected chi connectivity index (χ1v) is 8.48. The number of hydrazone groups is 1. The third-order valence-electron chi connectivity index (χ3n) is 3.66. The van der Waals surface area contributed by atoms with Gasteiger partial charge in [0.25, 0.3) is 0 Å². The Labute approximate surface area is 148 Å². The van der Waals surface area contributed by atoms with Gasteiger partial charge in [0.1, 0.15) is 5.75 Å². The molecule has 1 aliphatic rings. The first-order chi connectivity index (χ1) is 12.3. The van der Waals surface area contributed by atoms with E-state index in [0.29, 0.717) is 0 Å². The van der Waals surface area contributed by atoms with E-state index in [1.165, 1.54) is 11.3 Å². The predicted molar refractivity (Wildman–Crippen MR) is 97.9 cm³/mol. The third kappa shape index (κ3) is 3.41. The average molecular weight is 353 g/mol. The highest BCUT2D eigenvalue weighted by molar-refractivity contribution is 7.14. The predicted octanol–water partition coefficient (Wildman–Crippen LogP) is 3.99. The van der Waals surface area contributed by atoms with Crippen LogP contribution in [0.2, 0.25) is 0 Å². The molecule has 2 aromatic carbocycles. The lowest BCUT2D eigenvalue weighted by Gasteiger charge is -2.00. The van der Waals surface area contributed by atoms with Crippen LogP contribution in [0.1, 0.15) is 5.56 Å². The summed E-state index contributed by atoms with van der Waals surface area (Å²) in [5.74, 6) is 2.33. The van der Waals surface area contributed by atoms with Crippen LogP contribution in [-0.4, -0.2) is 25.1 Å². The molecule has 0 radical (unpaired) electrons. The van der Waals surface area contributed by atoms with Gasteiger partial charge in [-0.1, -0.05) is 0 Å². The fourth-order valence-corrected chi connectivity index (χ4v) is 3.03. The number of hydrogen-bond acceptors (Lipinski definition) is 7. The number of fused-ring (bicyclic) bond motifs is 1. The molecule has 0 spiro atoms. The second kappa shape index (κ2) is 6.82. The minimum Gasteiger partial charge on any atom is -0.497 e. The Hall–Kier alpha value is -3.06. The van der Waals surface area contributed by atoms with Crippen molar-refractivity contribution in [1.82, 2.24) is 4.98 Å². The van der Waals surface area contributed by atoms with Gasteiger partial charge in [-0.25, -0.2) is 4.98 Å². The van der Waals surface area contributed by atoms with E-state index < -0.39 is 0 Å². The van der Waals surface area contributed by atoms with Crippen LogP contribution in [-0.2, 0) is 0 Å². The van der Waals surface area contributed by atoms with Crippen molar-refractivity contribution >= 4 is 22.7 Å². The highest BCUT2D eigenvalue weighted by Gasteiger charge is 2.14. The fourth-order valence-electron chi connectivity index (χ4n) is 2.37. The molecule has 1 aliphatic heterocycles. The molecule has 7 heteroatoms. The van der Waals surface area contributed by atoms with Crippen LogP contribution >= 0.6 is 11.3 Å². The van der Waals surface area contributed by atoms with Gasteiger partial charge in [0.2, 0.25) is 11.9 Å². The Bertz CT molecular complexity index is 906. The minimum atomic E-state index is 0.267. The summed E-state index contributed by atoms with van der Waals surface area (Å²) >= 11 is 1.49. The highest BCUT2D eigenvalue weighted by Crippen LogP contribution is 2.36. The number of aromatic nitrogens is 1. The Morgan fingerprint density at radius 3 is 2.84 bits per heavy atom. The Morgan fingerprint density at radius 1 is 1.16 bits per heavy atom. The van der Waals surface area contributed by atoms with Gasteiger partial charge in [0.05, 0.1) is 19.0 Å². The molecule has 0 fully saturated rings. The van der Waals surface area contributed by atoms with E-state index in [2.05, 4.69) is 15.5 Å². The number of benzene rings is 2. The molecule has 0 amide bonds. The Balaban J connectivity index is 1.43. The van der Waals surface area contributed by atoms with Crippen molar-refractivity contribution in [2.24, 2.45) is 5.10 Å². The molecular formula is C18H15N3O3S. The molecule has 2 heterocycles. The van der Waals surface area contributed by atoms with Crippen molar-refractivity contribution in [2.45, 2.75) is 0 Å². The molecular weight excluding hydrogens is 338 g/mol. The van der Waals surface area contributed by atoms with Crippen molar-refractivity contribution in [3.63, 3.8) is 0 Å². The van der Waals surface area contributed by atoms with E-state index in [-0.39, 0.29) is 6.79 Å². The molecule has 0 atom stereocenters. The number of nitrogens with zero attached hydrogens (tertiary/aromatic N) is 2. The van der Waals surface area contributed by atoms with Gasteiger partial charge in [-0.05, 0) is 48.0 Å². The topological polar surface area (TPSA) is 65.0 Å². The molecule has 4 rings (SSSR count). The van der Waals surface area contributed by atoms with E-state index in [9.17, 15) is 0 Å². The maximum absolute atomic E-state index is 5.40. The van der Waals surface area contributed by atoms with Crippen LogP contribution in [0.15, 0.2) is 52.9 Å². The third-order valence-corrected chi connectivity index (χ3v) is 4.41. The quantitative estimate of drug-likeness (QED) is 0.555. The van der Waals surface area contributed by atoms with Crippen molar-refractivity contribution in [3.05, 3.63) is 53.4 Å². The Morgan fingerprint density at radius 2 is 2.00 bits per heavy atom. The van der Waals surface area contributed by atoms with E-state index in [4.69, 9.17) is 14.2 Å². The van der Waals surface area contributed by atoms with Crippen LogP contribution in [0, 0.1) is 0 Å². The van der Waals surface area contributed by atoms with Crippen LogP contribution < -0.4 is 19.6 Å². The molecule has 0 saturated heterocycles. The first-order valence-electron chi connectivity index (χ1n) is 7.60. The van der Waals surface area contributed by atoms with E-state index in [0.717, 1.165) is 39.2 Å². The smallest absolute Gasteiger partial charge is 0.231 e. The summed E-state index contributed by atoms with van der Waals surface area (Å²) in [6.45, 7) is 0.267. The number of nitrogens with one attached hydrogen (secondary N) is 1. The Kier molecular flexibility index (Phi) is 4.22. The van der Waals surface area contributed by atoms with Gasteiger partial charge < -0.3 is 14.2 Å². The van der Waals surface area contributed by atoms with Crippen molar-refractivity contribution in [3.8, 4) is 28.5 Å². The minimum absolute atomic E-state index is 0.267. The monoisotopic (exact) mass is 353 g/mol. The summed E-state index contributed by atoms with van der Waals surface area (Å²) in [5.41, 5.74) is 5.77. The molecule has 6 nitrogen and oxygen atoms in total. The number of ether oxygens (including phenoxy) is 3. The normalized spacial score (nSPS) is 12.5. The van der Waals surface area contributed by atoms with E-state index in [1.54, 1.807) is 13.3 Å². The standard InChI is InChI=1S/C18H15N3O3S/c1-22-14-5-2-12(3-6-14)9-19-21-18-20-15(10-25-18)13-4-7-16-17(8-13)24-11-23-16/h2-10H,11H2,1H3,(H,20,21)/b19-9-. The second-order valence-corrected chi connectivity index (χ2v) is 6.11. The number of rotatable bonds is 5. The second-order valence-electron chi connectivity index (χ2n) is 5.25. The largest absolute Gasteiger partial charge is 0.497 e. The lowest BCUT2D eigenvalue weighted by molar-refractivity contribution is 0.174. The maximum Gasteiger partial charge on any atom is 0.231 e. The van der Waals surface area contributed by atoms with Crippen LogP contribution in [0.4, 0.5) is 5.13 Å². The zero-order valence-corrected chi connectivity index (χ0v) is 14.2. The van der Waals surface area contributed by atoms with Crippen LogP contribution in [0.3, 0.4) is 0 Å². The summed E-state index contributed by atoms with van der Waals surface area (Å²) in [6.07, 6.45) is 1.74. The molecule has 1 aromatic heterocycles. The molecule has 0 unspecified atom stereocenters. The van der Waals surface area contributed by atoms with Gasteiger partial charge in [-0.3, -0.25) is 5.43 Å². The molecule has 0 aliphatic carbocycles. The molecule has 25 heavy (non-hydrogen) atoms. The number of hydrogen-bond donors (Lipinski definition) is 1. The summed E-state index contributed by atoms with van der Waals surface area (Å²) in [7, 11) is 1.64.